The lowest BCUT2D eigenvalue weighted by Gasteiger charge is -2.12. The van der Waals surface area contributed by atoms with Crippen LogP contribution >= 0.6 is 0 Å². The zero-order valence-corrected chi connectivity index (χ0v) is 13.5. The number of rotatable bonds is 4. The Morgan fingerprint density at radius 1 is 0.962 bits per heavy atom. The van der Waals surface area contributed by atoms with Crippen LogP contribution in [0.2, 0.25) is 0 Å². The minimum absolute atomic E-state index is 0.222. The molecular weight excluding hydrogens is 343 g/mol. The van der Waals surface area contributed by atoms with E-state index in [9.17, 15) is 18.0 Å². The molecular formula is C20H14F3NO2. The Bertz CT molecular complexity index is 894. The molecule has 0 unspecified atom stereocenters. The van der Waals surface area contributed by atoms with E-state index < -0.39 is 17.7 Å². The highest BCUT2D eigenvalue weighted by molar-refractivity contribution is 5.76. The van der Waals surface area contributed by atoms with Crippen LogP contribution in [0.25, 0.3) is 11.1 Å². The molecule has 26 heavy (non-hydrogen) atoms. The lowest BCUT2D eigenvalue weighted by atomic mass is 9.99. The lowest BCUT2D eigenvalue weighted by Crippen LogP contribution is -2.13. The van der Waals surface area contributed by atoms with Gasteiger partial charge in [0, 0.05) is 18.0 Å². The molecule has 0 radical (unpaired) electrons. The second-order valence-corrected chi connectivity index (χ2v) is 5.62. The molecule has 3 aromatic rings. The largest absolute Gasteiger partial charge is 0.426 e. The fourth-order valence-corrected chi connectivity index (χ4v) is 2.48. The zero-order valence-electron chi connectivity index (χ0n) is 13.5. The fraction of sp³-hybridized carbons (Fsp3) is 0.100. The molecule has 0 bridgehead atoms. The summed E-state index contributed by atoms with van der Waals surface area (Å²) in [6.07, 6.45) is -1.78. The van der Waals surface area contributed by atoms with Crippen molar-refractivity contribution in [2.24, 2.45) is 0 Å². The molecule has 0 atom stereocenters. The summed E-state index contributed by atoms with van der Waals surface area (Å²) in [4.78, 5) is 16.0. The smallest absolute Gasteiger partial charge is 0.416 e. The standard InChI is InChI=1S/C20H14F3NO2/c21-20(22,23)17-10-14(9-16(12-17)15-5-4-8-24-13-15)11-19(25)26-18-6-2-1-3-7-18/h1-10,12-13H,11H2. The van der Waals surface area contributed by atoms with Gasteiger partial charge in [0.25, 0.3) is 0 Å². The van der Waals surface area contributed by atoms with Crippen LogP contribution in [0.15, 0.2) is 73.1 Å². The number of esters is 1. The molecule has 3 rings (SSSR count). The first kappa shape index (κ1) is 17.7. The van der Waals surface area contributed by atoms with E-state index in [0.29, 0.717) is 16.9 Å². The van der Waals surface area contributed by atoms with Crippen molar-refractivity contribution >= 4 is 5.97 Å². The maximum atomic E-state index is 13.2. The summed E-state index contributed by atoms with van der Waals surface area (Å²) in [7, 11) is 0. The number of hydrogen-bond donors (Lipinski definition) is 0. The number of halogens is 3. The van der Waals surface area contributed by atoms with E-state index in [1.807, 2.05) is 0 Å². The minimum Gasteiger partial charge on any atom is -0.426 e. The number of para-hydroxylation sites is 1. The molecule has 0 N–H and O–H groups in total. The van der Waals surface area contributed by atoms with Crippen molar-refractivity contribution in [1.29, 1.82) is 0 Å². The Balaban J connectivity index is 1.89. The second kappa shape index (κ2) is 7.39. The maximum Gasteiger partial charge on any atom is 0.416 e. The van der Waals surface area contributed by atoms with Crippen molar-refractivity contribution in [3.8, 4) is 16.9 Å². The second-order valence-electron chi connectivity index (χ2n) is 5.62. The van der Waals surface area contributed by atoms with Gasteiger partial charge in [-0.2, -0.15) is 13.2 Å². The van der Waals surface area contributed by atoms with Gasteiger partial charge in [0.2, 0.25) is 0 Å². The molecule has 0 fully saturated rings. The molecule has 0 amide bonds. The van der Waals surface area contributed by atoms with E-state index in [-0.39, 0.29) is 12.0 Å². The van der Waals surface area contributed by atoms with Gasteiger partial charge in [-0.3, -0.25) is 9.78 Å². The SMILES string of the molecule is O=C(Cc1cc(-c2cccnc2)cc(C(F)(F)F)c1)Oc1ccccc1. The molecule has 0 aliphatic heterocycles. The Kier molecular flexibility index (Phi) is 5.02. The number of nitrogens with zero attached hydrogens (tertiary/aromatic N) is 1. The van der Waals surface area contributed by atoms with E-state index in [0.717, 1.165) is 12.1 Å². The molecule has 1 heterocycles. The van der Waals surface area contributed by atoms with Crippen LogP contribution in [-0.4, -0.2) is 11.0 Å². The number of carbonyl (C=O) groups is 1. The number of benzene rings is 2. The van der Waals surface area contributed by atoms with Crippen LogP contribution in [0.4, 0.5) is 13.2 Å². The summed E-state index contributed by atoms with van der Waals surface area (Å²) in [5, 5.41) is 0. The molecule has 0 saturated carbocycles. The summed E-state index contributed by atoms with van der Waals surface area (Å²) in [5.74, 6) is -0.287. The molecule has 0 spiro atoms. The summed E-state index contributed by atoms with van der Waals surface area (Å²) >= 11 is 0. The predicted molar refractivity (Wildman–Crippen MR) is 90.5 cm³/mol. The van der Waals surface area contributed by atoms with Crippen LogP contribution in [0.5, 0.6) is 5.75 Å². The molecule has 0 aliphatic rings. The van der Waals surface area contributed by atoms with Gasteiger partial charge < -0.3 is 4.74 Å². The van der Waals surface area contributed by atoms with Gasteiger partial charge in [0.05, 0.1) is 12.0 Å². The molecule has 132 valence electrons. The van der Waals surface area contributed by atoms with E-state index in [1.165, 1.54) is 12.4 Å². The third kappa shape index (κ3) is 4.47. The van der Waals surface area contributed by atoms with Crippen LogP contribution in [0.3, 0.4) is 0 Å². The highest BCUT2D eigenvalue weighted by atomic mass is 19.4. The monoisotopic (exact) mass is 357 g/mol. The van der Waals surface area contributed by atoms with Crippen LogP contribution in [0, 0.1) is 0 Å². The Hall–Kier alpha value is -3.15. The highest BCUT2D eigenvalue weighted by Crippen LogP contribution is 2.33. The first-order valence-electron chi connectivity index (χ1n) is 7.79. The van der Waals surface area contributed by atoms with Crippen molar-refractivity contribution in [3.05, 3.63) is 84.2 Å². The van der Waals surface area contributed by atoms with Crippen molar-refractivity contribution in [3.63, 3.8) is 0 Å². The summed E-state index contributed by atoms with van der Waals surface area (Å²) < 4.78 is 44.8. The van der Waals surface area contributed by atoms with Gasteiger partial charge in [0.15, 0.2) is 0 Å². The fourth-order valence-electron chi connectivity index (χ4n) is 2.48. The predicted octanol–water partition coefficient (Wildman–Crippen LogP) is 4.92. The number of ether oxygens (including phenoxy) is 1. The Labute approximate surface area is 148 Å². The van der Waals surface area contributed by atoms with Gasteiger partial charge in [-0.15, -0.1) is 0 Å². The van der Waals surface area contributed by atoms with Gasteiger partial charge in [0.1, 0.15) is 5.75 Å². The molecule has 3 nitrogen and oxygen atoms in total. The van der Waals surface area contributed by atoms with Crippen molar-refractivity contribution in [1.82, 2.24) is 4.98 Å². The van der Waals surface area contributed by atoms with E-state index in [1.54, 1.807) is 48.5 Å². The number of aromatic nitrogens is 1. The Morgan fingerprint density at radius 3 is 2.38 bits per heavy atom. The van der Waals surface area contributed by atoms with Gasteiger partial charge >= 0.3 is 12.1 Å². The maximum absolute atomic E-state index is 13.2. The molecule has 0 aliphatic carbocycles. The van der Waals surface area contributed by atoms with Gasteiger partial charge in [-0.1, -0.05) is 30.3 Å². The molecule has 0 saturated heterocycles. The van der Waals surface area contributed by atoms with Crippen LogP contribution < -0.4 is 4.74 Å². The van der Waals surface area contributed by atoms with Gasteiger partial charge in [-0.05, 0) is 41.5 Å². The number of carbonyl (C=O) groups excluding carboxylic acids is 1. The average molecular weight is 357 g/mol. The summed E-state index contributed by atoms with van der Waals surface area (Å²) in [6, 6.07) is 15.2. The van der Waals surface area contributed by atoms with E-state index in [4.69, 9.17) is 4.74 Å². The molecule has 1 aromatic heterocycles. The van der Waals surface area contributed by atoms with Crippen LogP contribution in [0.1, 0.15) is 11.1 Å². The number of hydrogen-bond acceptors (Lipinski definition) is 3. The van der Waals surface area contributed by atoms with Crippen molar-refractivity contribution < 1.29 is 22.7 Å². The summed E-state index contributed by atoms with van der Waals surface area (Å²) in [6.45, 7) is 0. The third-order valence-corrected chi connectivity index (χ3v) is 3.64. The quantitative estimate of drug-likeness (QED) is 0.492. The topological polar surface area (TPSA) is 39.2 Å². The number of pyridine rings is 1. The summed E-state index contributed by atoms with van der Waals surface area (Å²) in [5.41, 5.74) is 0.285. The van der Waals surface area contributed by atoms with Gasteiger partial charge in [-0.25, -0.2) is 0 Å². The van der Waals surface area contributed by atoms with E-state index in [2.05, 4.69) is 4.98 Å². The van der Waals surface area contributed by atoms with E-state index >= 15 is 0 Å². The molecule has 6 heteroatoms. The zero-order chi connectivity index (χ0) is 18.6. The van der Waals surface area contributed by atoms with Crippen LogP contribution in [-0.2, 0) is 17.4 Å². The average Bonchev–Trinajstić information content (AvgIpc) is 2.62. The highest BCUT2D eigenvalue weighted by Gasteiger charge is 2.31. The first-order valence-corrected chi connectivity index (χ1v) is 7.79. The minimum atomic E-state index is -4.52. The number of alkyl halides is 3. The Morgan fingerprint density at radius 2 is 1.73 bits per heavy atom. The van der Waals surface area contributed by atoms with Crippen molar-refractivity contribution in [2.75, 3.05) is 0 Å². The lowest BCUT2D eigenvalue weighted by molar-refractivity contribution is -0.138. The van der Waals surface area contributed by atoms with Crippen molar-refractivity contribution in [2.45, 2.75) is 12.6 Å². The third-order valence-electron chi connectivity index (χ3n) is 3.64. The molecule has 2 aromatic carbocycles. The first-order chi connectivity index (χ1) is 12.4. The normalized spacial score (nSPS) is 11.2.